The highest BCUT2D eigenvalue weighted by Crippen LogP contribution is 2.13. The van der Waals surface area contributed by atoms with Gasteiger partial charge in [-0.2, -0.15) is 0 Å². The Morgan fingerprint density at radius 3 is 2.52 bits per heavy atom. The molecule has 1 aromatic rings. The first-order valence-electron chi connectivity index (χ1n) is 6.73. The van der Waals surface area contributed by atoms with Crippen molar-refractivity contribution in [3.63, 3.8) is 0 Å². The molecule has 0 saturated heterocycles. The summed E-state index contributed by atoms with van der Waals surface area (Å²) in [6.45, 7) is 7.13. The zero-order valence-corrected chi connectivity index (χ0v) is 12.7. The van der Waals surface area contributed by atoms with E-state index >= 15 is 0 Å². The number of rotatable bonds is 5. The van der Waals surface area contributed by atoms with E-state index in [4.69, 9.17) is 10.5 Å². The molecule has 116 valence electrons. The Bertz CT molecular complexity index is 523. The summed E-state index contributed by atoms with van der Waals surface area (Å²) >= 11 is 0. The van der Waals surface area contributed by atoms with Crippen LogP contribution < -0.4 is 11.1 Å². The zero-order valence-electron chi connectivity index (χ0n) is 12.7. The van der Waals surface area contributed by atoms with E-state index in [1.807, 2.05) is 20.8 Å². The first-order valence-corrected chi connectivity index (χ1v) is 6.73. The Morgan fingerprint density at radius 1 is 1.38 bits per heavy atom. The number of carbonyl (C=O) groups excluding carboxylic acids is 2. The molecule has 5 nitrogen and oxygen atoms in total. The van der Waals surface area contributed by atoms with Crippen LogP contribution in [0.3, 0.4) is 0 Å². The van der Waals surface area contributed by atoms with Gasteiger partial charge in [0.25, 0.3) is 5.91 Å². The van der Waals surface area contributed by atoms with E-state index in [0.29, 0.717) is 0 Å². The number of esters is 1. The van der Waals surface area contributed by atoms with Crippen LogP contribution in [0.15, 0.2) is 18.2 Å². The minimum absolute atomic E-state index is 0.0260. The first-order chi connectivity index (χ1) is 9.64. The summed E-state index contributed by atoms with van der Waals surface area (Å²) in [6.07, 6.45) is -0.243. The van der Waals surface area contributed by atoms with E-state index in [-0.39, 0.29) is 16.8 Å². The minimum Gasteiger partial charge on any atom is -0.449 e. The van der Waals surface area contributed by atoms with Gasteiger partial charge in [-0.1, -0.05) is 6.92 Å². The predicted octanol–water partition coefficient (Wildman–Crippen LogP) is 2.26. The van der Waals surface area contributed by atoms with Crippen LogP contribution >= 0.6 is 0 Å². The molecule has 1 aromatic carbocycles. The highest BCUT2D eigenvalue weighted by molar-refractivity contribution is 5.93. The number of halogens is 1. The maximum atomic E-state index is 13.2. The smallest absolute Gasteiger partial charge is 0.339 e. The van der Waals surface area contributed by atoms with Gasteiger partial charge in [0, 0.05) is 11.2 Å². The fraction of sp³-hybridized carbons (Fsp3) is 0.467. The predicted molar refractivity (Wildman–Crippen MR) is 78.2 cm³/mol. The maximum absolute atomic E-state index is 13.2. The number of anilines is 1. The molecule has 0 aliphatic carbocycles. The normalized spacial score (nSPS) is 12.6. The molecule has 0 aliphatic heterocycles. The Balaban J connectivity index is 2.71. The first kappa shape index (κ1) is 16.9. The lowest BCUT2D eigenvalue weighted by Crippen LogP contribution is -2.47. The van der Waals surface area contributed by atoms with E-state index in [9.17, 15) is 14.0 Å². The van der Waals surface area contributed by atoms with Crippen LogP contribution in [0.5, 0.6) is 0 Å². The Hall–Kier alpha value is -2.11. The second-order valence-electron chi connectivity index (χ2n) is 5.55. The van der Waals surface area contributed by atoms with Gasteiger partial charge in [0.1, 0.15) is 5.82 Å². The molecule has 1 atom stereocenters. The Kier molecular flexibility index (Phi) is 5.29. The van der Waals surface area contributed by atoms with Crippen LogP contribution in [-0.2, 0) is 9.53 Å². The second kappa shape index (κ2) is 6.56. The van der Waals surface area contributed by atoms with E-state index in [0.717, 1.165) is 18.6 Å². The average Bonchev–Trinajstić information content (AvgIpc) is 2.36. The number of benzene rings is 1. The van der Waals surface area contributed by atoms with Gasteiger partial charge in [-0.25, -0.2) is 9.18 Å². The van der Waals surface area contributed by atoms with Crippen molar-refractivity contribution in [2.24, 2.45) is 0 Å². The Labute approximate surface area is 123 Å². The fourth-order valence-corrected chi connectivity index (χ4v) is 1.54. The van der Waals surface area contributed by atoms with Crippen molar-refractivity contribution in [3.8, 4) is 0 Å². The summed E-state index contributed by atoms with van der Waals surface area (Å²) in [7, 11) is 0. The van der Waals surface area contributed by atoms with Crippen molar-refractivity contribution < 1.29 is 18.7 Å². The van der Waals surface area contributed by atoms with Crippen molar-refractivity contribution in [1.82, 2.24) is 5.32 Å². The van der Waals surface area contributed by atoms with E-state index in [1.165, 1.54) is 13.0 Å². The monoisotopic (exact) mass is 296 g/mol. The molecule has 21 heavy (non-hydrogen) atoms. The molecule has 0 fully saturated rings. The van der Waals surface area contributed by atoms with Crippen molar-refractivity contribution in [3.05, 3.63) is 29.6 Å². The van der Waals surface area contributed by atoms with Crippen LogP contribution in [0, 0.1) is 5.82 Å². The molecule has 1 amide bonds. The number of nitrogens with two attached hydrogens (primary N) is 1. The largest absolute Gasteiger partial charge is 0.449 e. The van der Waals surface area contributed by atoms with Crippen LogP contribution in [0.2, 0.25) is 0 Å². The molecule has 0 aliphatic rings. The van der Waals surface area contributed by atoms with Gasteiger partial charge in [0.05, 0.1) is 5.56 Å². The van der Waals surface area contributed by atoms with Crippen molar-refractivity contribution in [1.29, 1.82) is 0 Å². The molecule has 6 heteroatoms. The summed E-state index contributed by atoms with van der Waals surface area (Å²) in [5.41, 5.74) is 5.16. The van der Waals surface area contributed by atoms with Crippen molar-refractivity contribution in [2.75, 3.05) is 5.73 Å². The average molecular weight is 296 g/mol. The van der Waals surface area contributed by atoms with Gasteiger partial charge in [-0.15, -0.1) is 0 Å². The van der Waals surface area contributed by atoms with E-state index < -0.39 is 23.8 Å². The fourth-order valence-electron chi connectivity index (χ4n) is 1.54. The van der Waals surface area contributed by atoms with Gasteiger partial charge >= 0.3 is 5.97 Å². The molecule has 0 radical (unpaired) electrons. The lowest BCUT2D eigenvalue weighted by atomic mass is 10.0. The molecule has 0 saturated carbocycles. The second-order valence-corrected chi connectivity index (χ2v) is 5.55. The third-order valence-corrected chi connectivity index (χ3v) is 3.15. The van der Waals surface area contributed by atoms with Crippen molar-refractivity contribution >= 4 is 17.6 Å². The zero-order chi connectivity index (χ0) is 16.2. The van der Waals surface area contributed by atoms with Crippen LogP contribution in [-0.4, -0.2) is 23.5 Å². The highest BCUT2D eigenvalue weighted by Gasteiger charge is 2.24. The SMILES string of the molecule is CCC(C)(C)NC(=O)C(C)OC(=O)c1cc(N)cc(F)c1. The highest BCUT2D eigenvalue weighted by atomic mass is 19.1. The number of carbonyl (C=O) groups is 2. The van der Waals surface area contributed by atoms with E-state index in [2.05, 4.69) is 5.32 Å². The quantitative estimate of drug-likeness (QED) is 0.645. The number of hydrogen-bond donors (Lipinski definition) is 2. The third kappa shape index (κ3) is 5.06. The van der Waals surface area contributed by atoms with Gasteiger partial charge in [0.15, 0.2) is 6.10 Å². The number of nitrogen functional groups attached to an aromatic ring is 1. The summed E-state index contributed by atoms with van der Waals surface area (Å²) in [5.74, 6) is -1.83. The lowest BCUT2D eigenvalue weighted by Gasteiger charge is -2.26. The summed E-state index contributed by atoms with van der Waals surface area (Å²) in [4.78, 5) is 23.8. The molecule has 1 rings (SSSR count). The maximum Gasteiger partial charge on any atom is 0.339 e. The molecule has 0 heterocycles. The van der Waals surface area contributed by atoms with Gasteiger partial charge in [0.2, 0.25) is 0 Å². The summed E-state index contributed by atoms with van der Waals surface area (Å²) < 4.78 is 18.2. The molecule has 3 N–H and O–H groups in total. The Morgan fingerprint density at radius 2 is 2.00 bits per heavy atom. The van der Waals surface area contributed by atoms with Gasteiger partial charge in [-0.05, 0) is 45.4 Å². The molecular formula is C15H21FN2O3. The van der Waals surface area contributed by atoms with Crippen LogP contribution in [0.4, 0.5) is 10.1 Å². The number of amides is 1. The topological polar surface area (TPSA) is 81.4 Å². The number of hydrogen-bond acceptors (Lipinski definition) is 4. The minimum atomic E-state index is -0.979. The summed E-state index contributed by atoms with van der Waals surface area (Å²) in [6, 6.07) is 3.40. The third-order valence-electron chi connectivity index (χ3n) is 3.15. The van der Waals surface area contributed by atoms with Crippen LogP contribution in [0.1, 0.15) is 44.5 Å². The van der Waals surface area contributed by atoms with Crippen LogP contribution in [0.25, 0.3) is 0 Å². The standard InChI is InChI=1S/C15H21FN2O3/c1-5-15(3,4)18-13(19)9(2)21-14(20)10-6-11(16)8-12(17)7-10/h6-9H,5,17H2,1-4H3,(H,18,19). The van der Waals surface area contributed by atoms with Crippen molar-refractivity contribution in [2.45, 2.75) is 45.8 Å². The van der Waals surface area contributed by atoms with Gasteiger partial charge < -0.3 is 15.8 Å². The van der Waals surface area contributed by atoms with Gasteiger partial charge in [-0.3, -0.25) is 4.79 Å². The molecule has 0 spiro atoms. The molecule has 0 aromatic heterocycles. The number of nitrogens with one attached hydrogen (secondary N) is 1. The number of ether oxygens (including phenoxy) is 1. The summed E-state index contributed by atoms with van der Waals surface area (Å²) in [5, 5.41) is 2.77. The lowest BCUT2D eigenvalue weighted by molar-refractivity contribution is -0.130. The molecular weight excluding hydrogens is 275 g/mol. The molecule has 0 bridgehead atoms. The molecule has 1 unspecified atom stereocenters. The van der Waals surface area contributed by atoms with E-state index in [1.54, 1.807) is 0 Å².